The Bertz CT molecular complexity index is 861. The van der Waals surface area contributed by atoms with Crippen molar-refractivity contribution in [2.45, 2.75) is 23.9 Å². The number of aromatic nitrogens is 3. The molecular weight excluding hydrogens is 412 g/mol. The predicted molar refractivity (Wildman–Crippen MR) is 96.1 cm³/mol. The van der Waals surface area contributed by atoms with Crippen molar-refractivity contribution in [2.24, 2.45) is 5.14 Å². The van der Waals surface area contributed by atoms with Crippen LogP contribution in [0.1, 0.15) is 12.8 Å². The van der Waals surface area contributed by atoms with Gasteiger partial charge in [0.05, 0.1) is 29.0 Å². The maximum Gasteiger partial charge on any atom is 0.255 e. The van der Waals surface area contributed by atoms with Gasteiger partial charge in [0.2, 0.25) is 5.95 Å². The van der Waals surface area contributed by atoms with Crippen LogP contribution in [0, 0.1) is 0 Å². The first-order valence-corrected chi connectivity index (χ1v) is 9.88. The summed E-state index contributed by atoms with van der Waals surface area (Å²) >= 11 is 3.44. The molecule has 25 heavy (non-hydrogen) atoms. The van der Waals surface area contributed by atoms with Crippen LogP contribution in [0.25, 0.3) is 0 Å². The second-order valence-electron chi connectivity index (χ2n) is 5.59. The van der Waals surface area contributed by atoms with Crippen molar-refractivity contribution in [1.82, 2.24) is 15.0 Å². The Morgan fingerprint density at radius 1 is 1.36 bits per heavy atom. The number of aliphatic hydroxyl groups excluding tert-OH is 1. The molecule has 0 aliphatic carbocycles. The summed E-state index contributed by atoms with van der Waals surface area (Å²) in [6.45, 7) is 0.878. The third kappa shape index (κ3) is 4.06. The van der Waals surface area contributed by atoms with E-state index in [1.54, 1.807) is 6.20 Å². The van der Waals surface area contributed by atoms with Crippen LogP contribution in [0.2, 0.25) is 0 Å². The number of primary sulfonamides is 1. The molecular formula is C14H17BrN6O3S. The summed E-state index contributed by atoms with van der Waals surface area (Å²) in [4.78, 5) is 14.5. The van der Waals surface area contributed by atoms with Gasteiger partial charge in [-0.3, -0.25) is 0 Å². The highest BCUT2D eigenvalue weighted by Gasteiger charge is 2.27. The zero-order valence-electron chi connectivity index (χ0n) is 13.1. The lowest BCUT2D eigenvalue weighted by molar-refractivity contribution is 0.266. The molecule has 1 aliphatic heterocycles. The largest absolute Gasteiger partial charge is 0.394 e. The van der Waals surface area contributed by atoms with Gasteiger partial charge in [-0.25, -0.2) is 23.5 Å². The van der Waals surface area contributed by atoms with Crippen molar-refractivity contribution < 1.29 is 13.5 Å². The zero-order valence-corrected chi connectivity index (χ0v) is 15.5. The molecule has 2 aromatic heterocycles. The van der Waals surface area contributed by atoms with Gasteiger partial charge in [0.1, 0.15) is 5.82 Å². The van der Waals surface area contributed by atoms with E-state index in [0.717, 1.165) is 23.9 Å². The maximum atomic E-state index is 11.2. The quantitative estimate of drug-likeness (QED) is 0.641. The van der Waals surface area contributed by atoms with Crippen LogP contribution in [0.15, 0.2) is 34.0 Å². The summed E-state index contributed by atoms with van der Waals surface area (Å²) in [7, 11) is -3.83. The zero-order chi connectivity index (χ0) is 18.0. The van der Waals surface area contributed by atoms with Gasteiger partial charge in [-0.05, 0) is 40.9 Å². The Labute approximate surface area is 153 Å². The van der Waals surface area contributed by atoms with Crippen molar-refractivity contribution in [2.75, 3.05) is 23.4 Å². The van der Waals surface area contributed by atoms with Crippen LogP contribution in [-0.2, 0) is 10.0 Å². The molecule has 0 aromatic carbocycles. The molecule has 3 heterocycles. The molecule has 0 amide bonds. The fourth-order valence-electron chi connectivity index (χ4n) is 2.68. The van der Waals surface area contributed by atoms with Gasteiger partial charge in [-0.1, -0.05) is 0 Å². The molecule has 9 nitrogen and oxygen atoms in total. The molecule has 11 heteroatoms. The molecule has 134 valence electrons. The normalized spacial score (nSPS) is 17.7. The van der Waals surface area contributed by atoms with Gasteiger partial charge in [0, 0.05) is 12.7 Å². The molecule has 1 atom stereocenters. The number of nitrogens with two attached hydrogens (primary N) is 1. The SMILES string of the molecule is NS(=O)(=O)c1ccc(Nc2ncc(Br)c(N3CCC[C@@H]3CO)n2)cn1. The minimum atomic E-state index is -3.83. The molecule has 3 rings (SSSR count). The van der Waals surface area contributed by atoms with Crippen LogP contribution < -0.4 is 15.4 Å². The Balaban J connectivity index is 1.83. The smallest absolute Gasteiger partial charge is 0.255 e. The van der Waals surface area contributed by atoms with Gasteiger partial charge in [0.15, 0.2) is 5.03 Å². The molecule has 0 saturated carbocycles. The van der Waals surface area contributed by atoms with Crippen molar-refractivity contribution in [3.05, 3.63) is 29.0 Å². The Morgan fingerprint density at radius 3 is 2.80 bits per heavy atom. The van der Waals surface area contributed by atoms with Crippen molar-refractivity contribution in [3.8, 4) is 0 Å². The highest BCUT2D eigenvalue weighted by atomic mass is 79.9. The summed E-state index contributed by atoms with van der Waals surface area (Å²) in [6.07, 6.45) is 4.87. The fourth-order valence-corrected chi connectivity index (χ4v) is 3.55. The van der Waals surface area contributed by atoms with E-state index in [9.17, 15) is 13.5 Å². The van der Waals surface area contributed by atoms with Gasteiger partial charge in [-0.2, -0.15) is 4.98 Å². The average molecular weight is 429 g/mol. The first-order valence-electron chi connectivity index (χ1n) is 7.54. The number of pyridine rings is 1. The van der Waals surface area contributed by atoms with Crippen molar-refractivity contribution in [3.63, 3.8) is 0 Å². The molecule has 0 unspecified atom stereocenters. The van der Waals surface area contributed by atoms with Gasteiger partial charge >= 0.3 is 0 Å². The molecule has 2 aromatic rings. The number of sulfonamides is 1. The molecule has 0 spiro atoms. The third-order valence-electron chi connectivity index (χ3n) is 3.87. The molecule has 1 saturated heterocycles. The first kappa shape index (κ1) is 18.0. The molecule has 0 radical (unpaired) electrons. The average Bonchev–Trinajstić information content (AvgIpc) is 3.05. The summed E-state index contributed by atoms with van der Waals surface area (Å²) in [5.74, 6) is 1.04. The van der Waals surface area contributed by atoms with Crippen LogP contribution in [0.4, 0.5) is 17.5 Å². The van der Waals surface area contributed by atoms with E-state index in [0.29, 0.717) is 17.5 Å². The second-order valence-corrected chi connectivity index (χ2v) is 7.95. The minimum absolute atomic E-state index is 0.0368. The highest BCUT2D eigenvalue weighted by molar-refractivity contribution is 9.10. The summed E-state index contributed by atoms with van der Waals surface area (Å²) in [5.41, 5.74) is 0.529. The van der Waals surface area contributed by atoms with E-state index in [4.69, 9.17) is 5.14 Å². The lowest BCUT2D eigenvalue weighted by Gasteiger charge is -2.25. The third-order valence-corrected chi connectivity index (χ3v) is 5.25. The number of nitrogens with one attached hydrogen (secondary N) is 1. The minimum Gasteiger partial charge on any atom is -0.394 e. The number of rotatable bonds is 5. The van der Waals surface area contributed by atoms with Crippen LogP contribution in [0.5, 0.6) is 0 Å². The molecule has 0 bridgehead atoms. The van der Waals surface area contributed by atoms with E-state index in [1.807, 2.05) is 4.90 Å². The lowest BCUT2D eigenvalue weighted by atomic mass is 10.2. The number of nitrogens with zero attached hydrogens (tertiary/aromatic N) is 4. The summed E-state index contributed by atoms with van der Waals surface area (Å²) < 4.78 is 23.2. The molecule has 1 fully saturated rings. The van der Waals surface area contributed by atoms with E-state index < -0.39 is 10.0 Å². The maximum absolute atomic E-state index is 11.2. The predicted octanol–water partition coefficient (Wildman–Crippen LogP) is 0.986. The Morgan fingerprint density at radius 2 is 2.16 bits per heavy atom. The van der Waals surface area contributed by atoms with Gasteiger partial charge in [-0.15, -0.1) is 0 Å². The number of anilines is 3. The molecule has 4 N–H and O–H groups in total. The number of hydrogen-bond donors (Lipinski definition) is 3. The molecule has 1 aliphatic rings. The Kier molecular flexibility index (Phi) is 5.18. The van der Waals surface area contributed by atoms with E-state index in [1.165, 1.54) is 18.3 Å². The van der Waals surface area contributed by atoms with E-state index in [-0.39, 0.29) is 17.7 Å². The second kappa shape index (κ2) is 7.20. The number of aliphatic hydroxyl groups is 1. The van der Waals surface area contributed by atoms with E-state index in [2.05, 4.69) is 36.2 Å². The monoisotopic (exact) mass is 428 g/mol. The van der Waals surface area contributed by atoms with Crippen molar-refractivity contribution in [1.29, 1.82) is 0 Å². The topological polar surface area (TPSA) is 134 Å². The van der Waals surface area contributed by atoms with E-state index >= 15 is 0 Å². The van der Waals surface area contributed by atoms with Crippen LogP contribution in [0.3, 0.4) is 0 Å². The summed E-state index contributed by atoms with van der Waals surface area (Å²) in [5, 5.41) is 17.3. The standard InChI is InChI=1S/C14H17BrN6O3S/c15-11-7-18-14(20-13(11)21-5-1-2-10(21)8-22)19-9-3-4-12(17-6-9)25(16,23)24/h3-4,6-7,10,22H,1-2,5,8H2,(H2,16,23,24)(H,18,19,20)/t10-/m1/s1. The van der Waals surface area contributed by atoms with Gasteiger partial charge in [0.25, 0.3) is 10.0 Å². The fraction of sp³-hybridized carbons (Fsp3) is 0.357. The Hall–Kier alpha value is -1.82. The highest BCUT2D eigenvalue weighted by Crippen LogP contribution is 2.31. The lowest BCUT2D eigenvalue weighted by Crippen LogP contribution is -2.33. The van der Waals surface area contributed by atoms with Crippen LogP contribution >= 0.6 is 15.9 Å². The first-order chi connectivity index (χ1) is 11.9. The van der Waals surface area contributed by atoms with Crippen LogP contribution in [-0.4, -0.2) is 47.7 Å². The summed E-state index contributed by atoms with van der Waals surface area (Å²) in [6, 6.07) is 2.87. The number of halogens is 1. The number of hydrogen-bond acceptors (Lipinski definition) is 8. The van der Waals surface area contributed by atoms with Crippen molar-refractivity contribution >= 4 is 43.4 Å². The van der Waals surface area contributed by atoms with Gasteiger partial charge < -0.3 is 15.3 Å².